The van der Waals surface area contributed by atoms with Gasteiger partial charge in [0.1, 0.15) is 17.6 Å². The number of hydrogen-bond acceptors (Lipinski definition) is 4. The van der Waals surface area contributed by atoms with E-state index in [9.17, 15) is 0 Å². The summed E-state index contributed by atoms with van der Waals surface area (Å²) in [7, 11) is 0. The van der Waals surface area contributed by atoms with E-state index in [0.29, 0.717) is 0 Å². The van der Waals surface area contributed by atoms with Gasteiger partial charge in [-0.2, -0.15) is 0 Å². The minimum atomic E-state index is -0.150. The van der Waals surface area contributed by atoms with Gasteiger partial charge in [-0.3, -0.25) is 10.8 Å². The number of aryl methyl sites for hydroxylation is 2. The SMILES string of the molecule is CCc1ccc(C(NN)c2cncc(C)c2)o1. The molecule has 2 aromatic heterocycles. The fourth-order valence-electron chi connectivity index (χ4n) is 1.82. The van der Waals surface area contributed by atoms with Crippen LogP contribution in [0.5, 0.6) is 0 Å². The molecule has 4 nitrogen and oxygen atoms in total. The van der Waals surface area contributed by atoms with Crippen LogP contribution in [0.4, 0.5) is 0 Å². The van der Waals surface area contributed by atoms with Gasteiger partial charge in [-0.25, -0.2) is 5.43 Å². The summed E-state index contributed by atoms with van der Waals surface area (Å²) in [6.07, 6.45) is 4.49. The van der Waals surface area contributed by atoms with Gasteiger partial charge in [0.15, 0.2) is 0 Å². The quantitative estimate of drug-likeness (QED) is 0.624. The molecule has 2 rings (SSSR count). The molecule has 17 heavy (non-hydrogen) atoms. The summed E-state index contributed by atoms with van der Waals surface area (Å²) in [5, 5.41) is 0. The number of hydrogen-bond donors (Lipinski definition) is 2. The minimum absolute atomic E-state index is 0.150. The molecule has 4 heteroatoms. The zero-order valence-corrected chi connectivity index (χ0v) is 10.1. The van der Waals surface area contributed by atoms with Gasteiger partial charge in [0.05, 0.1) is 0 Å². The molecule has 2 heterocycles. The molecule has 0 amide bonds. The molecule has 0 aliphatic heterocycles. The van der Waals surface area contributed by atoms with E-state index in [0.717, 1.165) is 29.1 Å². The molecule has 0 aliphatic carbocycles. The standard InChI is InChI=1S/C13H17N3O/c1-3-11-4-5-12(17-11)13(16-14)10-6-9(2)7-15-8-10/h4-8,13,16H,3,14H2,1-2H3. The first-order valence-corrected chi connectivity index (χ1v) is 5.71. The Morgan fingerprint density at radius 3 is 2.82 bits per heavy atom. The second kappa shape index (κ2) is 5.12. The van der Waals surface area contributed by atoms with Crippen molar-refractivity contribution in [3.05, 3.63) is 53.2 Å². The second-order valence-corrected chi connectivity index (χ2v) is 4.05. The number of aromatic nitrogens is 1. The number of hydrazine groups is 1. The molecule has 1 atom stereocenters. The summed E-state index contributed by atoms with van der Waals surface area (Å²) < 4.78 is 5.71. The zero-order valence-electron chi connectivity index (χ0n) is 10.1. The highest BCUT2D eigenvalue weighted by Crippen LogP contribution is 2.23. The van der Waals surface area contributed by atoms with E-state index in [1.807, 2.05) is 31.3 Å². The summed E-state index contributed by atoms with van der Waals surface area (Å²) in [6.45, 7) is 4.06. The highest BCUT2D eigenvalue weighted by Gasteiger charge is 2.16. The van der Waals surface area contributed by atoms with Crippen LogP contribution in [0, 0.1) is 6.92 Å². The Labute approximate surface area is 101 Å². The van der Waals surface area contributed by atoms with Gasteiger partial charge < -0.3 is 4.42 Å². The van der Waals surface area contributed by atoms with E-state index in [1.165, 1.54) is 0 Å². The highest BCUT2D eigenvalue weighted by atomic mass is 16.3. The molecule has 0 fully saturated rings. The van der Waals surface area contributed by atoms with Crippen LogP contribution in [0.15, 0.2) is 35.0 Å². The molecule has 0 aliphatic rings. The summed E-state index contributed by atoms with van der Waals surface area (Å²) in [6, 6.07) is 5.82. The Morgan fingerprint density at radius 2 is 2.24 bits per heavy atom. The van der Waals surface area contributed by atoms with Crippen molar-refractivity contribution in [3.8, 4) is 0 Å². The summed E-state index contributed by atoms with van der Waals surface area (Å²) in [5.41, 5.74) is 4.87. The Balaban J connectivity index is 2.33. The van der Waals surface area contributed by atoms with Gasteiger partial charge >= 0.3 is 0 Å². The molecule has 0 radical (unpaired) electrons. The first kappa shape index (κ1) is 11.8. The number of furan rings is 1. The number of nitrogens with one attached hydrogen (secondary N) is 1. The monoisotopic (exact) mass is 231 g/mol. The largest absolute Gasteiger partial charge is 0.464 e. The van der Waals surface area contributed by atoms with Crippen molar-refractivity contribution in [2.75, 3.05) is 0 Å². The molecular formula is C13H17N3O. The maximum Gasteiger partial charge on any atom is 0.126 e. The van der Waals surface area contributed by atoms with Gasteiger partial charge in [-0.1, -0.05) is 13.0 Å². The van der Waals surface area contributed by atoms with E-state index >= 15 is 0 Å². The van der Waals surface area contributed by atoms with Crippen LogP contribution in [0.25, 0.3) is 0 Å². The van der Waals surface area contributed by atoms with Crippen LogP contribution in [-0.4, -0.2) is 4.98 Å². The first-order chi connectivity index (χ1) is 8.24. The van der Waals surface area contributed by atoms with Crippen molar-refractivity contribution < 1.29 is 4.42 Å². The van der Waals surface area contributed by atoms with E-state index in [2.05, 4.69) is 17.3 Å². The van der Waals surface area contributed by atoms with Crippen molar-refractivity contribution in [1.29, 1.82) is 0 Å². The molecule has 2 aromatic rings. The molecule has 0 aromatic carbocycles. The van der Waals surface area contributed by atoms with Crippen LogP contribution in [-0.2, 0) is 6.42 Å². The number of nitrogens with zero attached hydrogens (tertiary/aromatic N) is 1. The molecule has 0 bridgehead atoms. The van der Waals surface area contributed by atoms with E-state index < -0.39 is 0 Å². The number of pyridine rings is 1. The van der Waals surface area contributed by atoms with Gasteiger partial charge in [0, 0.05) is 18.8 Å². The van der Waals surface area contributed by atoms with Crippen LogP contribution >= 0.6 is 0 Å². The Hall–Kier alpha value is -1.65. The topological polar surface area (TPSA) is 64.1 Å². The summed E-state index contributed by atoms with van der Waals surface area (Å²) >= 11 is 0. The maximum absolute atomic E-state index is 5.71. The summed E-state index contributed by atoms with van der Waals surface area (Å²) in [5.74, 6) is 7.38. The predicted octanol–water partition coefficient (Wildman–Crippen LogP) is 2.10. The Kier molecular flexibility index (Phi) is 3.56. The lowest BCUT2D eigenvalue weighted by molar-refractivity contribution is 0.425. The fourth-order valence-corrected chi connectivity index (χ4v) is 1.82. The van der Waals surface area contributed by atoms with E-state index in [1.54, 1.807) is 6.20 Å². The van der Waals surface area contributed by atoms with Crippen molar-refractivity contribution >= 4 is 0 Å². The van der Waals surface area contributed by atoms with E-state index in [-0.39, 0.29) is 6.04 Å². The molecule has 3 N–H and O–H groups in total. The average molecular weight is 231 g/mol. The summed E-state index contributed by atoms with van der Waals surface area (Å²) in [4.78, 5) is 4.17. The van der Waals surface area contributed by atoms with Crippen LogP contribution < -0.4 is 11.3 Å². The predicted molar refractivity (Wildman–Crippen MR) is 66.2 cm³/mol. The maximum atomic E-state index is 5.71. The molecule has 1 unspecified atom stereocenters. The lowest BCUT2D eigenvalue weighted by Crippen LogP contribution is -2.28. The molecule has 0 saturated heterocycles. The van der Waals surface area contributed by atoms with Crippen molar-refractivity contribution in [1.82, 2.24) is 10.4 Å². The number of nitrogens with two attached hydrogens (primary N) is 1. The van der Waals surface area contributed by atoms with Crippen molar-refractivity contribution in [3.63, 3.8) is 0 Å². The molecule has 0 saturated carbocycles. The van der Waals surface area contributed by atoms with Crippen molar-refractivity contribution in [2.45, 2.75) is 26.3 Å². The van der Waals surface area contributed by atoms with Gasteiger partial charge in [0.2, 0.25) is 0 Å². The molecule has 0 spiro atoms. The number of rotatable bonds is 4. The third-order valence-electron chi connectivity index (χ3n) is 2.71. The van der Waals surface area contributed by atoms with Crippen molar-refractivity contribution in [2.24, 2.45) is 5.84 Å². The average Bonchev–Trinajstić information content (AvgIpc) is 2.79. The van der Waals surface area contributed by atoms with Crippen LogP contribution in [0.2, 0.25) is 0 Å². The van der Waals surface area contributed by atoms with Crippen LogP contribution in [0.3, 0.4) is 0 Å². The normalized spacial score (nSPS) is 12.6. The third kappa shape index (κ3) is 2.54. The minimum Gasteiger partial charge on any atom is -0.464 e. The smallest absolute Gasteiger partial charge is 0.126 e. The Morgan fingerprint density at radius 1 is 1.41 bits per heavy atom. The van der Waals surface area contributed by atoms with E-state index in [4.69, 9.17) is 10.3 Å². The zero-order chi connectivity index (χ0) is 12.3. The van der Waals surface area contributed by atoms with Gasteiger partial charge in [0.25, 0.3) is 0 Å². The fraction of sp³-hybridized carbons (Fsp3) is 0.308. The third-order valence-corrected chi connectivity index (χ3v) is 2.71. The second-order valence-electron chi connectivity index (χ2n) is 4.05. The molecular weight excluding hydrogens is 214 g/mol. The highest BCUT2D eigenvalue weighted by molar-refractivity contribution is 5.27. The first-order valence-electron chi connectivity index (χ1n) is 5.71. The lowest BCUT2D eigenvalue weighted by Gasteiger charge is -2.13. The molecule has 90 valence electrons. The van der Waals surface area contributed by atoms with Gasteiger partial charge in [-0.15, -0.1) is 0 Å². The van der Waals surface area contributed by atoms with Crippen LogP contribution in [0.1, 0.15) is 35.6 Å². The Bertz CT molecular complexity index is 493. The lowest BCUT2D eigenvalue weighted by atomic mass is 10.1. The van der Waals surface area contributed by atoms with Gasteiger partial charge in [-0.05, 0) is 30.2 Å².